The highest BCUT2D eigenvalue weighted by Crippen LogP contribution is 2.27. The SMILES string of the molecule is CCC(C)(O)CSc1ccc(Cl)c(C(=O)O)c1. The van der Waals surface area contributed by atoms with E-state index in [1.54, 1.807) is 19.1 Å². The van der Waals surface area contributed by atoms with E-state index in [9.17, 15) is 9.90 Å². The van der Waals surface area contributed by atoms with Gasteiger partial charge in [0.25, 0.3) is 0 Å². The topological polar surface area (TPSA) is 57.5 Å². The molecule has 94 valence electrons. The van der Waals surface area contributed by atoms with Crippen LogP contribution in [0.25, 0.3) is 0 Å². The van der Waals surface area contributed by atoms with Crippen LogP contribution in [0.3, 0.4) is 0 Å². The summed E-state index contributed by atoms with van der Waals surface area (Å²) in [5, 5.41) is 19.0. The van der Waals surface area contributed by atoms with Crippen molar-refractivity contribution in [2.45, 2.75) is 30.8 Å². The molecule has 2 N–H and O–H groups in total. The van der Waals surface area contributed by atoms with Crippen molar-refractivity contribution in [1.82, 2.24) is 0 Å². The lowest BCUT2D eigenvalue weighted by atomic mass is 10.1. The number of carbonyl (C=O) groups is 1. The van der Waals surface area contributed by atoms with Crippen molar-refractivity contribution in [3.63, 3.8) is 0 Å². The molecule has 0 amide bonds. The minimum absolute atomic E-state index is 0.0906. The van der Waals surface area contributed by atoms with Gasteiger partial charge in [0.2, 0.25) is 0 Å². The Kier molecular flexibility index (Phi) is 4.86. The number of hydrogen-bond donors (Lipinski definition) is 2. The molecular weight excluding hydrogens is 260 g/mol. The molecule has 0 aliphatic heterocycles. The van der Waals surface area contributed by atoms with Crippen LogP contribution in [0.1, 0.15) is 30.6 Å². The zero-order valence-corrected chi connectivity index (χ0v) is 11.3. The van der Waals surface area contributed by atoms with Gasteiger partial charge in [-0.15, -0.1) is 11.8 Å². The molecule has 0 saturated heterocycles. The van der Waals surface area contributed by atoms with E-state index in [2.05, 4.69) is 0 Å². The van der Waals surface area contributed by atoms with E-state index in [1.165, 1.54) is 17.8 Å². The van der Waals surface area contributed by atoms with Crippen molar-refractivity contribution >= 4 is 29.3 Å². The third-order valence-corrected chi connectivity index (χ3v) is 4.16. The zero-order valence-electron chi connectivity index (χ0n) is 9.74. The van der Waals surface area contributed by atoms with Gasteiger partial charge in [-0.05, 0) is 31.5 Å². The zero-order chi connectivity index (χ0) is 13.1. The Balaban J connectivity index is 2.80. The van der Waals surface area contributed by atoms with E-state index < -0.39 is 11.6 Å². The van der Waals surface area contributed by atoms with Crippen molar-refractivity contribution in [3.05, 3.63) is 28.8 Å². The van der Waals surface area contributed by atoms with E-state index in [0.717, 1.165) is 4.90 Å². The number of halogens is 1. The fraction of sp³-hybridized carbons (Fsp3) is 0.417. The van der Waals surface area contributed by atoms with Crippen LogP contribution in [0.15, 0.2) is 23.1 Å². The molecule has 1 rings (SSSR count). The third kappa shape index (κ3) is 4.22. The average molecular weight is 275 g/mol. The summed E-state index contributed by atoms with van der Waals surface area (Å²) in [5.74, 6) is -0.524. The number of benzene rings is 1. The van der Waals surface area contributed by atoms with Crippen molar-refractivity contribution in [3.8, 4) is 0 Å². The highest BCUT2D eigenvalue weighted by atomic mass is 35.5. The highest BCUT2D eigenvalue weighted by Gasteiger charge is 2.18. The smallest absolute Gasteiger partial charge is 0.337 e. The lowest BCUT2D eigenvalue weighted by Gasteiger charge is -2.20. The lowest BCUT2D eigenvalue weighted by molar-refractivity contribution is 0.0696. The number of thioether (sulfide) groups is 1. The minimum atomic E-state index is -1.04. The van der Waals surface area contributed by atoms with Crippen LogP contribution in [-0.2, 0) is 0 Å². The molecule has 17 heavy (non-hydrogen) atoms. The van der Waals surface area contributed by atoms with Gasteiger partial charge >= 0.3 is 5.97 Å². The van der Waals surface area contributed by atoms with Gasteiger partial charge in [0, 0.05) is 10.6 Å². The molecule has 1 aromatic carbocycles. The molecule has 3 nitrogen and oxygen atoms in total. The molecule has 1 aromatic rings. The fourth-order valence-electron chi connectivity index (χ4n) is 1.10. The number of aromatic carboxylic acids is 1. The standard InChI is InChI=1S/C12H15ClO3S/c1-3-12(2,16)7-17-8-4-5-10(13)9(6-8)11(14)15/h4-6,16H,3,7H2,1-2H3,(H,14,15). The molecule has 0 aromatic heterocycles. The van der Waals surface area contributed by atoms with Gasteiger partial charge in [0.15, 0.2) is 0 Å². The summed E-state index contributed by atoms with van der Waals surface area (Å²) in [6.07, 6.45) is 0.652. The first kappa shape index (κ1) is 14.4. The summed E-state index contributed by atoms with van der Waals surface area (Å²) in [6.45, 7) is 3.67. The average Bonchev–Trinajstić information content (AvgIpc) is 2.27. The summed E-state index contributed by atoms with van der Waals surface area (Å²) >= 11 is 7.19. The quantitative estimate of drug-likeness (QED) is 0.809. The van der Waals surface area contributed by atoms with Gasteiger partial charge in [-0.3, -0.25) is 0 Å². The molecule has 5 heteroatoms. The first-order valence-corrected chi connectivity index (χ1v) is 6.60. The third-order valence-electron chi connectivity index (χ3n) is 2.48. The van der Waals surface area contributed by atoms with E-state index >= 15 is 0 Å². The van der Waals surface area contributed by atoms with Crippen LogP contribution >= 0.6 is 23.4 Å². The molecule has 0 heterocycles. The Morgan fingerprint density at radius 3 is 2.71 bits per heavy atom. The normalized spacial score (nSPS) is 14.4. The van der Waals surface area contributed by atoms with E-state index in [-0.39, 0.29) is 10.6 Å². The molecule has 0 spiro atoms. The Morgan fingerprint density at radius 2 is 2.18 bits per heavy atom. The van der Waals surface area contributed by atoms with Crippen molar-refractivity contribution in [1.29, 1.82) is 0 Å². The maximum Gasteiger partial charge on any atom is 0.337 e. The predicted molar refractivity (Wildman–Crippen MR) is 70.1 cm³/mol. The first-order chi connectivity index (χ1) is 7.85. The Labute approximate surface area is 110 Å². The van der Waals surface area contributed by atoms with Crippen molar-refractivity contribution in [2.75, 3.05) is 5.75 Å². The lowest BCUT2D eigenvalue weighted by Crippen LogP contribution is -2.25. The molecule has 1 atom stereocenters. The highest BCUT2D eigenvalue weighted by molar-refractivity contribution is 7.99. The van der Waals surface area contributed by atoms with Crippen LogP contribution in [0.5, 0.6) is 0 Å². The van der Waals surface area contributed by atoms with Crippen LogP contribution in [0.2, 0.25) is 5.02 Å². The number of rotatable bonds is 5. The number of hydrogen-bond acceptors (Lipinski definition) is 3. The maximum atomic E-state index is 10.9. The molecule has 0 fully saturated rings. The summed E-state index contributed by atoms with van der Waals surface area (Å²) < 4.78 is 0. The van der Waals surface area contributed by atoms with Crippen LogP contribution in [-0.4, -0.2) is 27.5 Å². The Morgan fingerprint density at radius 1 is 1.53 bits per heavy atom. The fourth-order valence-corrected chi connectivity index (χ4v) is 2.34. The van der Waals surface area contributed by atoms with Crippen LogP contribution in [0, 0.1) is 0 Å². The maximum absolute atomic E-state index is 10.9. The number of aliphatic hydroxyl groups is 1. The molecule has 0 radical (unpaired) electrons. The second-order valence-corrected chi connectivity index (χ2v) is 5.54. The summed E-state index contributed by atoms with van der Waals surface area (Å²) in [6, 6.07) is 4.85. The largest absolute Gasteiger partial charge is 0.478 e. The van der Waals surface area contributed by atoms with Gasteiger partial charge in [-0.25, -0.2) is 4.79 Å². The summed E-state index contributed by atoms with van der Waals surface area (Å²) in [7, 11) is 0. The summed E-state index contributed by atoms with van der Waals surface area (Å²) in [4.78, 5) is 11.7. The first-order valence-electron chi connectivity index (χ1n) is 5.24. The van der Waals surface area contributed by atoms with Gasteiger partial charge in [-0.1, -0.05) is 18.5 Å². The molecule has 0 aliphatic carbocycles. The molecule has 0 bridgehead atoms. The number of carboxylic acids is 1. The molecular formula is C12H15ClO3S. The molecule has 1 unspecified atom stereocenters. The van der Waals surface area contributed by atoms with E-state index in [4.69, 9.17) is 16.7 Å². The number of carboxylic acid groups (broad SMARTS) is 1. The molecule has 0 aliphatic rings. The van der Waals surface area contributed by atoms with Gasteiger partial charge in [-0.2, -0.15) is 0 Å². The Hall–Kier alpha value is -0.710. The van der Waals surface area contributed by atoms with Gasteiger partial charge in [0.1, 0.15) is 0 Å². The second-order valence-electron chi connectivity index (χ2n) is 4.09. The van der Waals surface area contributed by atoms with E-state index in [1.807, 2.05) is 6.92 Å². The Bertz CT molecular complexity index is 418. The van der Waals surface area contributed by atoms with Gasteiger partial charge < -0.3 is 10.2 Å². The van der Waals surface area contributed by atoms with Gasteiger partial charge in [0.05, 0.1) is 16.2 Å². The van der Waals surface area contributed by atoms with E-state index in [0.29, 0.717) is 12.2 Å². The molecule has 0 saturated carbocycles. The second kappa shape index (κ2) is 5.76. The van der Waals surface area contributed by atoms with Crippen molar-refractivity contribution < 1.29 is 15.0 Å². The minimum Gasteiger partial charge on any atom is -0.478 e. The van der Waals surface area contributed by atoms with Crippen molar-refractivity contribution in [2.24, 2.45) is 0 Å². The summed E-state index contributed by atoms with van der Waals surface area (Å²) in [5.41, 5.74) is -0.652. The predicted octanol–water partition coefficient (Wildman–Crippen LogP) is 3.29. The van der Waals surface area contributed by atoms with Crippen LogP contribution in [0.4, 0.5) is 0 Å². The van der Waals surface area contributed by atoms with Crippen LogP contribution < -0.4 is 0 Å². The monoisotopic (exact) mass is 274 g/mol.